The third kappa shape index (κ3) is 4.17. The lowest BCUT2D eigenvalue weighted by atomic mass is 10.00. The van der Waals surface area contributed by atoms with Gasteiger partial charge in [0.25, 0.3) is 17.7 Å². The molecular formula is C30H20FN3O4S. The lowest BCUT2D eigenvalue weighted by Crippen LogP contribution is -2.50. The van der Waals surface area contributed by atoms with Crippen LogP contribution in [0.2, 0.25) is 0 Å². The molecule has 2 unspecified atom stereocenters. The number of carbonyl (C=O) groups excluding carboxylic acids is 3. The van der Waals surface area contributed by atoms with Gasteiger partial charge in [0.15, 0.2) is 0 Å². The number of amides is 3. The maximum Gasteiger partial charge on any atom is 0.273 e. The van der Waals surface area contributed by atoms with Crippen molar-refractivity contribution in [1.82, 2.24) is 4.90 Å². The van der Waals surface area contributed by atoms with E-state index in [4.69, 9.17) is 0 Å². The molecule has 2 heterocycles. The fraction of sp³-hybridized carbons (Fsp3) is 0.0667. The SMILES string of the molecule is O=C1C(N2C(=O)c3ccccc3C2=O)N=C(c2ccccc2F)c2ccccc2N1CS(=O)c1ccccc1. The predicted octanol–water partition coefficient (Wildman–Crippen LogP) is 4.40. The van der Waals surface area contributed by atoms with Crippen molar-refractivity contribution in [3.8, 4) is 0 Å². The summed E-state index contributed by atoms with van der Waals surface area (Å²) < 4.78 is 28.5. The minimum Gasteiger partial charge on any atom is -0.296 e. The van der Waals surface area contributed by atoms with Gasteiger partial charge in [-0.25, -0.2) is 14.3 Å². The van der Waals surface area contributed by atoms with E-state index in [0.29, 0.717) is 16.1 Å². The number of para-hydroxylation sites is 1. The van der Waals surface area contributed by atoms with Gasteiger partial charge in [-0.1, -0.05) is 60.7 Å². The van der Waals surface area contributed by atoms with Gasteiger partial charge in [0.2, 0.25) is 6.17 Å². The molecule has 4 aromatic carbocycles. The van der Waals surface area contributed by atoms with Crippen molar-refractivity contribution in [2.24, 2.45) is 4.99 Å². The Hall–Kier alpha value is -4.76. The summed E-state index contributed by atoms with van der Waals surface area (Å²) >= 11 is 0. The first-order valence-electron chi connectivity index (χ1n) is 12.1. The van der Waals surface area contributed by atoms with Crippen molar-refractivity contribution in [3.63, 3.8) is 0 Å². The quantitative estimate of drug-likeness (QED) is 0.353. The average molecular weight is 538 g/mol. The van der Waals surface area contributed by atoms with Gasteiger partial charge in [-0.15, -0.1) is 0 Å². The second kappa shape index (κ2) is 9.85. The van der Waals surface area contributed by atoms with Crippen molar-refractivity contribution in [1.29, 1.82) is 0 Å². The van der Waals surface area contributed by atoms with E-state index < -0.39 is 40.5 Å². The Balaban J connectivity index is 1.54. The number of anilines is 1. The standard InChI is InChI=1S/C30H20FN3O4S/c31-24-16-8-6-14-22(24)26-23-15-7-9-17-25(23)33(18-39(38)19-10-2-1-3-11-19)30(37)27(32-26)34-28(35)20-12-4-5-13-21(20)29(34)36/h1-17,27H,18H2. The van der Waals surface area contributed by atoms with E-state index >= 15 is 4.39 Å². The van der Waals surface area contributed by atoms with Crippen molar-refractivity contribution in [2.45, 2.75) is 11.1 Å². The van der Waals surface area contributed by atoms with Crippen LogP contribution in [0.15, 0.2) is 113 Å². The van der Waals surface area contributed by atoms with Crippen molar-refractivity contribution >= 4 is 39.9 Å². The first-order valence-corrected chi connectivity index (χ1v) is 13.4. The lowest BCUT2D eigenvalue weighted by molar-refractivity contribution is -0.121. The normalized spacial score (nSPS) is 17.4. The molecule has 0 saturated carbocycles. The molecule has 0 fully saturated rings. The van der Waals surface area contributed by atoms with E-state index in [2.05, 4.69) is 4.99 Å². The molecular weight excluding hydrogens is 517 g/mol. The van der Waals surface area contributed by atoms with Crippen LogP contribution in [0, 0.1) is 5.82 Å². The second-order valence-electron chi connectivity index (χ2n) is 8.93. The first kappa shape index (κ1) is 24.6. The number of hydrogen-bond acceptors (Lipinski definition) is 5. The van der Waals surface area contributed by atoms with Crippen molar-refractivity contribution < 1.29 is 23.0 Å². The molecule has 0 aliphatic carbocycles. The Kier molecular flexibility index (Phi) is 6.20. The van der Waals surface area contributed by atoms with E-state index in [1.165, 1.54) is 35.2 Å². The van der Waals surface area contributed by atoms with Gasteiger partial charge in [-0.2, -0.15) is 0 Å². The van der Waals surface area contributed by atoms with E-state index in [0.717, 1.165) is 4.90 Å². The zero-order chi connectivity index (χ0) is 27.1. The number of carbonyl (C=O) groups is 3. The van der Waals surface area contributed by atoms with Gasteiger partial charge in [-0.05, 0) is 42.5 Å². The molecule has 9 heteroatoms. The van der Waals surface area contributed by atoms with Gasteiger partial charge >= 0.3 is 0 Å². The summed E-state index contributed by atoms with van der Waals surface area (Å²) in [5.41, 5.74) is 1.25. The van der Waals surface area contributed by atoms with Gasteiger partial charge < -0.3 is 0 Å². The van der Waals surface area contributed by atoms with Gasteiger partial charge in [0.1, 0.15) is 11.7 Å². The van der Waals surface area contributed by atoms with Crippen LogP contribution < -0.4 is 4.90 Å². The molecule has 0 bridgehead atoms. The van der Waals surface area contributed by atoms with E-state index in [1.54, 1.807) is 72.8 Å². The molecule has 39 heavy (non-hydrogen) atoms. The molecule has 0 saturated heterocycles. The molecule has 0 aromatic heterocycles. The molecule has 192 valence electrons. The Morgan fingerprint density at radius 1 is 0.692 bits per heavy atom. The second-order valence-corrected chi connectivity index (χ2v) is 10.3. The fourth-order valence-corrected chi connectivity index (χ4v) is 5.89. The maximum atomic E-state index is 15.1. The van der Waals surface area contributed by atoms with E-state index in [1.807, 2.05) is 0 Å². The van der Waals surface area contributed by atoms with E-state index in [9.17, 15) is 18.6 Å². The monoisotopic (exact) mass is 537 g/mol. The summed E-state index contributed by atoms with van der Waals surface area (Å²) in [7, 11) is -1.66. The van der Waals surface area contributed by atoms with Crippen LogP contribution in [0.5, 0.6) is 0 Å². The predicted molar refractivity (Wildman–Crippen MR) is 144 cm³/mol. The molecule has 2 aliphatic heterocycles. The lowest BCUT2D eigenvalue weighted by Gasteiger charge is -2.27. The zero-order valence-electron chi connectivity index (χ0n) is 20.4. The van der Waals surface area contributed by atoms with Crippen LogP contribution in [0.3, 0.4) is 0 Å². The Morgan fingerprint density at radius 2 is 1.23 bits per heavy atom. The molecule has 0 radical (unpaired) electrons. The maximum absolute atomic E-state index is 15.1. The fourth-order valence-electron chi connectivity index (χ4n) is 4.78. The van der Waals surface area contributed by atoms with Crippen LogP contribution in [-0.4, -0.2) is 44.6 Å². The van der Waals surface area contributed by atoms with Crippen LogP contribution >= 0.6 is 0 Å². The first-order chi connectivity index (χ1) is 19.0. The number of aliphatic imine (C=N–C) groups is 1. The summed E-state index contributed by atoms with van der Waals surface area (Å²) in [4.78, 5) is 48.2. The molecule has 4 aromatic rings. The van der Waals surface area contributed by atoms with Crippen LogP contribution in [0.25, 0.3) is 0 Å². The molecule has 3 amide bonds. The highest BCUT2D eigenvalue weighted by atomic mass is 32.2. The van der Waals surface area contributed by atoms with Gasteiger partial charge in [0, 0.05) is 16.0 Å². The largest absolute Gasteiger partial charge is 0.296 e. The van der Waals surface area contributed by atoms with Gasteiger partial charge in [0.05, 0.1) is 33.3 Å². The third-order valence-electron chi connectivity index (χ3n) is 6.64. The number of halogens is 1. The number of fused-ring (bicyclic) bond motifs is 2. The molecule has 6 rings (SSSR count). The zero-order valence-corrected chi connectivity index (χ0v) is 21.2. The summed E-state index contributed by atoms with van der Waals surface area (Å²) in [6.45, 7) is 0. The summed E-state index contributed by atoms with van der Waals surface area (Å²) in [5, 5.41) is 0. The van der Waals surface area contributed by atoms with E-state index in [-0.39, 0.29) is 28.3 Å². The number of rotatable bonds is 5. The molecule has 2 atom stereocenters. The van der Waals surface area contributed by atoms with Crippen molar-refractivity contribution in [3.05, 3.63) is 131 Å². The smallest absolute Gasteiger partial charge is 0.273 e. The average Bonchev–Trinajstić information content (AvgIpc) is 3.15. The number of benzodiazepines with no additional fused rings is 1. The minimum atomic E-state index is -1.66. The van der Waals surface area contributed by atoms with Crippen molar-refractivity contribution in [2.75, 3.05) is 10.8 Å². The highest BCUT2D eigenvalue weighted by Crippen LogP contribution is 2.33. The van der Waals surface area contributed by atoms with Crippen LogP contribution in [0.4, 0.5) is 10.1 Å². The summed E-state index contributed by atoms with van der Waals surface area (Å²) in [5.74, 6) is -2.94. The molecule has 7 nitrogen and oxygen atoms in total. The highest BCUT2D eigenvalue weighted by molar-refractivity contribution is 7.85. The minimum absolute atomic E-state index is 0.102. The summed E-state index contributed by atoms with van der Waals surface area (Å²) in [6.07, 6.45) is -1.65. The topological polar surface area (TPSA) is 87.1 Å². The molecule has 0 spiro atoms. The molecule has 2 aliphatic rings. The highest BCUT2D eigenvalue weighted by Gasteiger charge is 2.46. The number of nitrogens with zero attached hydrogens (tertiary/aromatic N) is 3. The van der Waals surface area contributed by atoms with Gasteiger partial charge in [-0.3, -0.25) is 23.5 Å². The number of benzene rings is 4. The summed E-state index contributed by atoms with van der Waals surface area (Å²) in [6, 6.07) is 27.6. The number of imide groups is 1. The van der Waals surface area contributed by atoms with Crippen LogP contribution in [0.1, 0.15) is 31.8 Å². The Labute approximate surface area is 225 Å². The third-order valence-corrected chi connectivity index (χ3v) is 7.93. The molecule has 0 N–H and O–H groups in total. The number of hydrogen-bond donors (Lipinski definition) is 0. The Morgan fingerprint density at radius 3 is 1.87 bits per heavy atom. The van der Waals surface area contributed by atoms with Crippen LogP contribution in [-0.2, 0) is 15.6 Å². The Bertz CT molecular complexity index is 1670.